The van der Waals surface area contributed by atoms with Gasteiger partial charge >= 0.3 is 5.97 Å². The van der Waals surface area contributed by atoms with Crippen LogP contribution in [0.15, 0.2) is 18.2 Å². The van der Waals surface area contributed by atoms with E-state index < -0.39 is 0 Å². The number of ether oxygens (including phenoxy) is 1. The number of hydrogen-bond acceptors (Lipinski definition) is 4. The fraction of sp³-hybridized carbons (Fsp3) is 0.462. The minimum Gasteiger partial charge on any atom is -0.462 e. The van der Waals surface area contributed by atoms with Gasteiger partial charge in [0.05, 0.1) is 23.5 Å². The van der Waals surface area contributed by atoms with Crippen LogP contribution in [-0.2, 0) is 4.74 Å². The van der Waals surface area contributed by atoms with Crippen molar-refractivity contribution in [2.45, 2.75) is 13.8 Å². The molecule has 2 N–H and O–H groups in total. The zero-order valence-corrected chi connectivity index (χ0v) is 10.9. The third-order valence-electron chi connectivity index (χ3n) is 2.29. The summed E-state index contributed by atoms with van der Waals surface area (Å²) in [5.41, 5.74) is 7.83. The summed E-state index contributed by atoms with van der Waals surface area (Å²) >= 11 is 0. The topological polar surface area (TPSA) is 55.6 Å². The van der Waals surface area contributed by atoms with E-state index in [1.807, 2.05) is 38.9 Å². The molecule has 0 heterocycles. The summed E-state index contributed by atoms with van der Waals surface area (Å²) in [5.74, 6) is 0.00746. The van der Waals surface area contributed by atoms with E-state index in [1.165, 1.54) is 0 Å². The van der Waals surface area contributed by atoms with Crippen LogP contribution in [0.3, 0.4) is 0 Å². The molecular formula is C13H20N2O2. The number of nitrogens with two attached hydrogens (primary N) is 1. The lowest BCUT2D eigenvalue weighted by Crippen LogP contribution is -2.13. The van der Waals surface area contributed by atoms with Crippen LogP contribution in [0, 0.1) is 5.92 Å². The third-order valence-corrected chi connectivity index (χ3v) is 2.29. The number of anilines is 2. The van der Waals surface area contributed by atoms with E-state index in [9.17, 15) is 4.79 Å². The predicted molar refractivity (Wildman–Crippen MR) is 70.3 cm³/mol. The summed E-state index contributed by atoms with van der Waals surface area (Å²) < 4.78 is 5.14. The second-order valence-corrected chi connectivity index (χ2v) is 4.66. The quantitative estimate of drug-likeness (QED) is 0.643. The van der Waals surface area contributed by atoms with Crippen LogP contribution in [0.2, 0.25) is 0 Å². The van der Waals surface area contributed by atoms with Crippen LogP contribution in [-0.4, -0.2) is 26.7 Å². The summed E-state index contributed by atoms with van der Waals surface area (Å²) in [6.07, 6.45) is 0. The Morgan fingerprint density at radius 2 is 2.06 bits per heavy atom. The van der Waals surface area contributed by atoms with Crippen molar-refractivity contribution in [1.82, 2.24) is 0 Å². The first-order chi connectivity index (χ1) is 7.91. The van der Waals surface area contributed by atoms with E-state index in [-0.39, 0.29) is 5.97 Å². The number of rotatable bonds is 4. The minimum absolute atomic E-state index is 0.323. The zero-order valence-electron chi connectivity index (χ0n) is 10.9. The largest absolute Gasteiger partial charge is 0.462 e. The van der Waals surface area contributed by atoms with Gasteiger partial charge < -0.3 is 15.4 Å². The molecule has 4 nitrogen and oxygen atoms in total. The van der Waals surface area contributed by atoms with Gasteiger partial charge in [0, 0.05) is 14.1 Å². The first kappa shape index (κ1) is 13.4. The zero-order chi connectivity index (χ0) is 13.0. The molecule has 1 aromatic rings. The number of carbonyl (C=O) groups excluding carboxylic acids is 1. The first-order valence-electron chi connectivity index (χ1n) is 5.65. The number of esters is 1. The molecule has 0 aliphatic rings. The van der Waals surface area contributed by atoms with Crippen molar-refractivity contribution < 1.29 is 9.53 Å². The standard InChI is InChI=1S/C13H20N2O2/c1-9(2)8-17-13(16)10-5-6-12(15(3)4)11(14)7-10/h5-7,9H,8,14H2,1-4H3. The molecule has 0 bridgehead atoms. The number of nitrogens with zero attached hydrogens (tertiary/aromatic N) is 1. The van der Waals surface area contributed by atoms with Crippen LogP contribution in [0.5, 0.6) is 0 Å². The monoisotopic (exact) mass is 236 g/mol. The molecule has 0 spiro atoms. The lowest BCUT2D eigenvalue weighted by molar-refractivity contribution is 0.0459. The van der Waals surface area contributed by atoms with E-state index in [0.717, 1.165) is 5.69 Å². The maximum atomic E-state index is 11.7. The summed E-state index contributed by atoms with van der Waals surface area (Å²) in [6.45, 7) is 4.42. The van der Waals surface area contributed by atoms with Crippen molar-refractivity contribution in [3.8, 4) is 0 Å². The lowest BCUT2D eigenvalue weighted by Gasteiger charge is -2.15. The molecule has 4 heteroatoms. The van der Waals surface area contributed by atoms with Crippen molar-refractivity contribution in [1.29, 1.82) is 0 Å². The van der Waals surface area contributed by atoms with E-state index in [0.29, 0.717) is 23.8 Å². The highest BCUT2D eigenvalue weighted by Crippen LogP contribution is 2.22. The highest BCUT2D eigenvalue weighted by molar-refractivity contribution is 5.92. The molecule has 1 rings (SSSR count). The molecular weight excluding hydrogens is 216 g/mol. The Bertz CT molecular complexity index is 400. The van der Waals surface area contributed by atoms with Crippen LogP contribution in [0.1, 0.15) is 24.2 Å². The number of nitrogen functional groups attached to an aromatic ring is 1. The smallest absolute Gasteiger partial charge is 0.338 e. The highest BCUT2D eigenvalue weighted by Gasteiger charge is 2.10. The summed E-state index contributed by atoms with van der Waals surface area (Å²) in [6, 6.07) is 5.20. The van der Waals surface area contributed by atoms with Crippen LogP contribution < -0.4 is 10.6 Å². The molecule has 0 radical (unpaired) electrons. The van der Waals surface area contributed by atoms with Gasteiger partial charge in [0.25, 0.3) is 0 Å². The second kappa shape index (κ2) is 5.57. The molecule has 17 heavy (non-hydrogen) atoms. The van der Waals surface area contributed by atoms with Gasteiger partial charge in [-0.1, -0.05) is 13.8 Å². The van der Waals surface area contributed by atoms with E-state index in [4.69, 9.17) is 10.5 Å². The van der Waals surface area contributed by atoms with Gasteiger partial charge in [0.1, 0.15) is 0 Å². The van der Waals surface area contributed by atoms with E-state index in [2.05, 4.69) is 0 Å². The van der Waals surface area contributed by atoms with Gasteiger partial charge in [0.2, 0.25) is 0 Å². The van der Waals surface area contributed by atoms with Crippen molar-refractivity contribution in [2.75, 3.05) is 31.3 Å². The maximum Gasteiger partial charge on any atom is 0.338 e. The molecule has 0 amide bonds. The fourth-order valence-corrected chi connectivity index (χ4v) is 1.41. The average Bonchev–Trinajstić information content (AvgIpc) is 2.25. The van der Waals surface area contributed by atoms with E-state index >= 15 is 0 Å². The Labute approximate surface area is 102 Å². The van der Waals surface area contributed by atoms with E-state index in [1.54, 1.807) is 12.1 Å². The maximum absolute atomic E-state index is 11.7. The minimum atomic E-state index is -0.323. The number of benzene rings is 1. The van der Waals surface area contributed by atoms with Crippen molar-refractivity contribution in [2.24, 2.45) is 5.92 Å². The van der Waals surface area contributed by atoms with Gasteiger partial charge in [-0.3, -0.25) is 0 Å². The molecule has 0 fully saturated rings. The van der Waals surface area contributed by atoms with Gasteiger partial charge in [-0.25, -0.2) is 4.79 Å². The molecule has 0 saturated carbocycles. The summed E-state index contributed by atoms with van der Waals surface area (Å²) in [7, 11) is 3.81. The normalized spacial score (nSPS) is 10.4. The average molecular weight is 236 g/mol. The Hall–Kier alpha value is -1.71. The Balaban J connectivity index is 2.79. The van der Waals surface area contributed by atoms with Gasteiger partial charge in [-0.2, -0.15) is 0 Å². The molecule has 0 unspecified atom stereocenters. The number of hydrogen-bond donors (Lipinski definition) is 1. The SMILES string of the molecule is CC(C)COC(=O)c1ccc(N(C)C)c(N)c1. The molecule has 0 aliphatic carbocycles. The summed E-state index contributed by atoms with van der Waals surface area (Å²) in [4.78, 5) is 13.6. The van der Waals surface area contributed by atoms with Crippen molar-refractivity contribution >= 4 is 17.3 Å². The Morgan fingerprint density at radius 1 is 1.41 bits per heavy atom. The molecule has 0 atom stereocenters. The summed E-state index contributed by atoms with van der Waals surface area (Å²) in [5, 5.41) is 0. The Morgan fingerprint density at radius 3 is 2.53 bits per heavy atom. The highest BCUT2D eigenvalue weighted by atomic mass is 16.5. The number of carbonyl (C=O) groups is 1. The van der Waals surface area contributed by atoms with Crippen LogP contribution >= 0.6 is 0 Å². The first-order valence-corrected chi connectivity index (χ1v) is 5.65. The van der Waals surface area contributed by atoms with Crippen LogP contribution in [0.25, 0.3) is 0 Å². The van der Waals surface area contributed by atoms with Crippen molar-refractivity contribution in [3.63, 3.8) is 0 Å². The molecule has 0 aromatic heterocycles. The molecule has 94 valence electrons. The second-order valence-electron chi connectivity index (χ2n) is 4.66. The fourth-order valence-electron chi connectivity index (χ4n) is 1.41. The van der Waals surface area contributed by atoms with Gasteiger partial charge in [-0.15, -0.1) is 0 Å². The molecule has 0 aliphatic heterocycles. The van der Waals surface area contributed by atoms with Gasteiger partial charge in [0.15, 0.2) is 0 Å². The Kier molecular flexibility index (Phi) is 4.37. The lowest BCUT2D eigenvalue weighted by atomic mass is 10.1. The van der Waals surface area contributed by atoms with Crippen molar-refractivity contribution in [3.05, 3.63) is 23.8 Å². The van der Waals surface area contributed by atoms with Crippen LogP contribution in [0.4, 0.5) is 11.4 Å². The molecule has 0 saturated heterocycles. The van der Waals surface area contributed by atoms with Gasteiger partial charge in [-0.05, 0) is 24.1 Å². The third kappa shape index (κ3) is 3.66. The molecule has 1 aromatic carbocycles. The predicted octanol–water partition coefficient (Wildman–Crippen LogP) is 2.15.